The molecule has 0 aliphatic heterocycles. The molecule has 0 aliphatic rings. The molecule has 1 atom stereocenters. The van der Waals surface area contributed by atoms with Crippen molar-refractivity contribution in [2.24, 2.45) is 0 Å². The number of halogens is 1. The number of nitrogens with zero attached hydrogens (tertiary/aromatic N) is 2. The van der Waals surface area contributed by atoms with Crippen LogP contribution in [0.4, 0.5) is 5.69 Å². The highest BCUT2D eigenvalue weighted by molar-refractivity contribution is 5.96. The number of H-pyrrole nitrogens is 1. The summed E-state index contributed by atoms with van der Waals surface area (Å²) in [5.41, 5.74) is -0.197. The van der Waals surface area contributed by atoms with Crippen molar-refractivity contribution in [2.45, 2.75) is 19.9 Å². The van der Waals surface area contributed by atoms with Gasteiger partial charge in [-0.1, -0.05) is 0 Å². The summed E-state index contributed by atoms with van der Waals surface area (Å²) in [6, 6.07) is 0.0815. The number of nitro groups is 1. The van der Waals surface area contributed by atoms with Crippen LogP contribution in [0, 0.1) is 17.0 Å². The Bertz CT molecular complexity index is 434. The number of aromatic amines is 1. The molecule has 0 radical (unpaired) electrons. The van der Waals surface area contributed by atoms with E-state index in [0.29, 0.717) is 6.54 Å². The van der Waals surface area contributed by atoms with E-state index in [-0.39, 0.29) is 35.5 Å². The largest absolute Gasteiger partial charge is 0.349 e. The third kappa shape index (κ3) is 3.67. The number of carbonyl (C=O) groups is 1. The first-order valence-corrected chi connectivity index (χ1v) is 5.12. The molecular formula is C9H16ClN5O3. The normalized spacial score (nSPS) is 11.5. The number of amides is 1. The van der Waals surface area contributed by atoms with Crippen LogP contribution < -0.4 is 10.6 Å². The summed E-state index contributed by atoms with van der Waals surface area (Å²) < 4.78 is 0. The van der Waals surface area contributed by atoms with Gasteiger partial charge < -0.3 is 10.6 Å². The molecule has 1 aromatic heterocycles. The van der Waals surface area contributed by atoms with Gasteiger partial charge in [0.25, 0.3) is 5.91 Å². The summed E-state index contributed by atoms with van der Waals surface area (Å²) in [4.78, 5) is 21.8. The zero-order valence-electron chi connectivity index (χ0n) is 10.3. The molecule has 102 valence electrons. The number of hydrogen-bond acceptors (Lipinski definition) is 5. The fourth-order valence-electron chi connectivity index (χ4n) is 1.24. The Morgan fingerprint density at radius 2 is 2.22 bits per heavy atom. The molecular weight excluding hydrogens is 262 g/mol. The van der Waals surface area contributed by atoms with Gasteiger partial charge >= 0.3 is 5.69 Å². The van der Waals surface area contributed by atoms with E-state index in [4.69, 9.17) is 0 Å². The van der Waals surface area contributed by atoms with Crippen LogP contribution in [0.15, 0.2) is 0 Å². The Morgan fingerprint density at radius 1 is 1.61 bits per heavy atom. The SMILES string of the molecule is CNC(C)CNC(=O)c1n[nH]c(C)c1[N+](=O)[O-].Cl. The minimum absolute atomic E-state index is 0. The van der Waals surface area contributed by atoms with Gasteiger partial charge in [-0.2, -0.15) is 5.10 Å². The molecule has 0 spiro atoms. The summed E-state index contributed by atoms with van der Waals surface area (Å²) in [7, 11) is 1.76. The van der Waals surface area contributed by atoms with Gasteiger partial charge in [0.05, 0.1) is 4.92 Å². The van der Waals surface area contributed by atoms with Crippen molar-refractivity contribution in [3.8, 4) is 0 Å². The number of rotatable bonds is 5. The lowest BCUT2D eigenvalue weighted by molar-refractivity contribution is -0.385. The topological polar surface area (TPSA) is 113 Å². The van der Waals surface area contributed by atoms with Gasteiger partial charge in [0.15, 0.2) is 0 Å². The monoisotopic (exact) mass is 277 g/mol. The third-order valence-corrected chi connectivity index (χ3v) is 2.37. The fraction of sp³-hybridized carbons (Fsp3) is 0.556. The molecule has 1 amide bonds. The number of hydrogen-bond donors (Lipinski definition) is 3. The lowest BCUT2D eigenvalue weighted by Crippen LogP contribution is -2.37. The van der Waals surface area contributed by atoms with E-state index in [1.807, 2.05) is 6.92 Å². The summed E-state index contributed by atoms with van der Waals surface area (Å²) in [6.07, 6.45) is 0. The zero-order valence-corrected chi connectivity index (χ0v) is 11.1. The maximum atomic E-state index is 11.7. The molecule has 0 aliphatic carbocycles. The van der Waals surface area contributed by atoms with Crippen molar-refractivity contribution < 1.29 is 9.72 Å². The van der Waals surface area contributed by atoms with Gasteiger partial charge in [0.2, 0.25) is 5.69 Å². The first-order chi connectivity index (χ1) is 7.97. The lowest BCUT2D eigenvalue weighted by Gasteiger charge is -2.09. The van der Waals surface area contributed by atoms with Crippen molar-refractivity contribution in [3.05, 3.63) is 21.5 Å². The number of carbonyl (C=O) groups excluding carboxylic acids is 1. The van der Waals surface area contributed by atoms with Crippen molar-refractivity contribution in [3.63, 3.8) is 0 Å². The van der Waals surface area contributed by atoms with E-state index in [1.165, 1.54) is 6.92 Å². The molecule has 9 heteroatoms. The molecule has 1 aromatic rings. The summed E-state index contributed by atoms with van der Waals surface area (Å²) in [5.74, 6) is -0.553. The highest BCUT2D eigenvalue weighted by Crippen LogP contribution is 2.19. The van der Waals surface area contributed by atoms with Crippen LogP contribution >= 0.6 is 12.4 Å². The van der Waals surface area contributed by atoms with Crippen LogP contribution in [0.1, 0.15) is 23.1 Å². The highest BCUT2D eigenvalue weighted by atomic mass is 35.5. The van der Waals surface area contributed by atoms with Gasteiger partial charge in [0, 0.05) is 12.6 Å². The van der Waals surface area contributed by atoms with Crippen LogP contribution in [0.25, 0.3) is 0 Å². The molecule has 3 N–H and O–H groups in total. The molecule has 0 aromatic carbocycles. The van der Waals surface area contributed by atoms with E-state index in [2.05, 4.69) is 20.8 Å². The predicted octanol–water partition coefficient (Wildman–Crippen LogP) is 0.386. The smallest absolute Gasteiger partial charge is 0.322 e. The molecule has 0 saturated carbocycles. The Hall–Kier alpha value is -1.67. The van der Waals surface area contributed by atoms with Gasteiger partial charge in [-0.25, -0.2) is 0 Å². The average Bonchev–Trinajstić information content (AvgIpc) is 2.67. The van der Waals surface area contributed by atoms with Crippen molar-refractivity contribution in [1.29, 1.82) is 0 Å². The van der Waals surface area contributed by atoms with Gasteiger partial charge in [0.1, 0.15) is 5.69 Å². The van der Waals surface area contributed by atoms with Gasteiger partial charge in [-0.05, 0) is 20.9 Å². The molecule has 1 unspecified atom stereocenters. The molecule has 18 heavy (non-hydrogen) atoms. The average molecular weight is 278 g/mol. The third-order valence-electron chi connectivity index (χ3n) is 2.37. The van der Waals surface area contributed by atoms with Crippen molar-refractivity contribution >= 4 is 24.0 Å². The first-order valence-electron chi connectivity index (χ1n) is 5.12. The Labute approximate surface area is 110 Å². The van der Waals surface area contributed by atoms with Crippen LogP contribution in [-0.2, 0) is 0 Å². The van der Waals surface area contributed by atoms with E-state index in [9.17, 15) is 14.9 Å². The van der Waals surface area contributed by atoms with Gasteiger partial charge in [-0.3, -0.25) is 20.0 Å². The first kappa shape index (κ1) is 16.3. The summed E-state index contributed by atoms with van der Waals surface area (Å²) >= 11 is 0. The summed E-state index contributed by atoms with van der Waals surface area (Å²) in [5, 5.41) is 22.3. The fourth-order valence-corrected chi connectivity index (χ4v) is 1.24. The van der Waals surface area contributed by atoms with Crippen LogP contribution in [0.5, 0.6) is 0 Å². The second-order valence-corrected chi connectivity index (χ2v) is 3.70. The second kappa shape index (κ2) is 6.92. The number of nitrogens with one attached hydrogen (secondary N) is 3. The van der Waals surface area contributed by atoms with E-state index < -0.39 is 10.8 Å². The van der Waals surface area contributed by atoms with E-state index in [1.54, 1.807) is 7.05 Å². The maximum absolute atomic E-state index is 11.7. The number of likely N-dealkylation sites (N-methyl/N-ethyl adjacent to an activating group) is 1. The number of aromatic nitrogens is 2. The van der Waals surface area contributed by atoms with Crippen LogP contribution in [0.2, 0.25) is 0 Å². The highest BCUT2D eigenvalue weighted by Gasteiger charge is 2.26. The van der Waals surface area contributed by atoms with Gasteiger partial charge in [-0.15, -0.1) is 12.4 Å². The molecule has 8 nitrogen and oxygen atoms in total. The van der Waals surface area contributed by atoms with E-state index >= 15 is 0 Å². The molecule has 0 fully saturated rings. The van der Waals surface area contributed by atoms with Crippen molar-refractivity contribution in [1.82, 2.24) is 20.8 Å². The Kier molecular flexibility index (Phi) is 6.28. The lowest BCUT2D eigenvalue weighted by atomic mass is 10.2. The van der Waals surface area contributed by atoms with Crippen molar-refractivity contribution in [2.75, 3.05) is 13.6 Å². The molecule has 1 heterocycles. The Balaban J connectivity index is 0.00000289. The summed E-state index contributed by atoms with van der Waals surface area (Å²) in [6.45, 7) is 3.75. The molecule has 0 bridgehead atoms. The quantitative estimate of drug-likeness (QED) is 0.532. The second-order valence-electron chi connectivity index (χ2n) is 3.70. The van der Waals surface area contributed by atoms with Crippen LogP contribution in [-0.4, -0.2) is 40.7 Å². The van der Waals surface area contributed by atoms with Crippen LogP contribution in [0.3, 0.4) is 0 Å². The minimum atomic E-state index is -0.616. The zero-order chi connectivity index (χ0) is 13.0. The number of aryl methyl sites for hydroxylation is 1. The standard InChI is InChI=1S/C9H15N5O3.ClH/c1-5(10-3)4-11-9(15)7-8(14(16)17)6(2)12-13-7;/h5,10H,4H2,1-3H3,(H,11,15)(H,12,13);1H. The molecule has 0 saturated heterocycles. The molecule has 1 rings (SSSR count). The van der Waals surface area contributed by atoms with E-state index in [0.717, 1.165) is 0 Å². The Morgan fingerprint density at radius 3 is 2.72 bits per heavy atom. The minimum Gasteiger partial charge on any atom is -0.349 e. The predicted molar refractivity (Wildman–Crippen MR) is 68.1 cm³/mol. The maximum Gasteiger partial charge on any atom is 0.322 e.